The van der Waals surface area contributed by atoms with E-state index in [0.717, 1.165) is 17.0 Å². The molecule has 1 heterocycles. The van der Waals surface area contributed by atoms with Crippen LogP contribution in [0.2, 0.25) is 0 Å². The summed E-state index contributed by atoms with van der Waals surface area (Å²) in [5, 5.41) is 0. The summed E-state index contributed by atoms with van der Waals surface area (Å²) in [4.78, 5) is 11.6. The van der Waals surface area contributed by atoms with E-state index in [0.29, 0.717) is 23.6 Å². The minimum absolute atomic E-state index is 0.337. The first-order chi connectivity index (χ1) is 10.5. The third-order valence-electron chi connectivity index (χ3n) is 3.57. The minimum atomic E-state index is -0.484. The lowest BCUT2D eigenvalue weighted by Crippen LogP contribution is -2.12. The van der Waals surface area contributed by atoms with E-state index in [9.17, 15) is 4.79 Å². The van der Waals surface area contributed by atoms with Gasteiger partial charge in [-0.2, -0.15) is 0 Å². The molecule has 1 aromatic carbocycles. The first-order valence-electron chi connectivity index (χ1n) is 6.69. The summed E-state index contributed by atoms with van der Waals surface area (Å²) in [6, 6.07) is 7.20. The number of primary amides is 1. The summed E-state index contributed by atoms with van der Waals surface area (Å²) in [6.07, 6.45) is 5.44. The average Bonchev–Trinajstić information content (AvgIpc) is 2.84. The topological polar surface area (TPSA) is 66.5 Å². The Morgan fingerprint density at radius 3 is 2.59 bits per heavy atom. The Hall–Kier alpha value is -2.87. The Morgan fingerprint density at radius 1 is 1.32 bits per heavy atom. The van der Waals surface area contributed by atoms with Crippen LogP contribution in [0.5, 0.6) is 11.5 Å². The second-order valence-corrected chi connectivity index (χ2v) is 4.75. The maximum absolute atomic E-state index is 11.6. The van der Waals surface area contributed by atoms with E-state index < -0.39 is 5.91 Å². The van der Waals surface area contributed by atoms with Crippen LogP contribution in [0.1, 0.15) is 16.1 Å². The van der Waals surface area contributed by atoms with E-state index in [4.69, 9.17) is 21.6 Å². The molecule has 0 saturated heterocycles. The SMILES string of the molecule is C#CCn1c(-c2ccc(OC)cc2OC)cc(C(N)=O)c1C. The molecule has 0 radical (unpaired) electrons. The number of carbonyl (C=O) groups excluding carboxylic acids is 1. The molecule has 0 unspecified atom stereocenters. The molecule has 0 bridgehead atoms. The maximum Gasteiger partial charge on any atom is 0.250 e. The second kappa shape index (κ2) is 6.27. The number of nitrogens with zero attached hydrogens (tertiary/aromatic N) is 1. The molecule has 5 nitrogen and oxygen atoms in total. The summed E-state index contributed by atoms with van der Waals surface area (Å²) in [5.74, 6) is 3.42. The van der Waals surface area contributed by atoms with Gasteiger partial charge in [0.05, 0.1) is 32.0 Å². The van der Waals surface area contributed by atoms with Crippen LogP contribution in [-0.4, -0.2) is 24.7 Å². The van der Waals surface area contributed by atoms with Gasteiger partial charge in [-0.15, -0.1) is 6.42 Å². The molecule has 2 rings (SSSR count). The van der Waals surface area contributed by atoms with Gasteiger partial charge in [-0.25, -0.2) is 0 Å². The monoisotopic (exact) mass is 298 g/mol. The van der Waals surface area contributed by atoms with Gasteiger partial charge in [0.2, 0.25) is 0 Å². The largest absolute Gasteiger partial charge is 0.497 e. The van der Waals surface area contributed by atoms with E-state index in [2.05, 4.69) is 5.92 Å². The summed E-state index contributed by atoms with van der Waals surface area (Å²) in [6.45, 7) is 2.15. The number of methoxy groups -OCH3 is 2. The van der Waals surface area contributed by atoms with E-state index >= 15 is 0 Å². The molecule has 0 atom stereocenters. The number of hydrogen-bond donors (Lipinski definition) is 1. The average molecular weight is 298 g/mol. The summed E-state index contributed by atoms with van der Waals surface area (Å²) in [7, 11) is 3.17. The molecule has 0 aliphatic carbocycles. The molecule has 1 aromatic heterocycles. The molecule has 0 spiro atoms. The summed E-state index contributed by atoms with van der Waals surface area (Å²) in [5.41, 5.74) is 8.21. The second-order valence-electron chi connectivity index (χ2n) is 4.75. The fourth-order valence-corrected chi connectivity index (χ4v) is 2.42. The van der Waals surface area contributed by atoms with Crippen LogP contribution < -0.4 is 15.2 Å². The number of ether oxygens (including phenoxy) is 2. The Morgan fingerprint density at radius 2 is 2.05 bits per heavy atom. The highest BCUT2D eigenvalue weighted by atomic mass is 16.5. The highest BCUT2D eigenvalue weighted by Gasteiger charge is 2.19. The van der Waals surface area contributed by atoms with Crippen molar-refractivity contribution in [3.05, 3.63) is 35.5 Å². The molecule has 22 heavy (non-hydrogen) atoms. The summed E-state index contributed by atoms with van der Waals surface area (Å²) < 4.78 is 12.5. The highest BCUT2D eigenvalue weighted by molar-refractivity contribution is 5.96. The molecular weight excluding hydrogens is 280 g/mol. The number of carbonyl (C=O) groups is 1. The Kier molecular flexibility index (Phi) is 4.42. The van der Waals surface area contributed by atoms with Crippen LogP contribution in [0.4, 0.5) is 0 Å². The molecule has 1 amide bonds. The van der Waals surface area contributed by atoms with Gasteiger partial charge in [0.1, 0.15) is 11.5 Å². The van der Waals surface area contributed by atoms with E-state index in [1.807, 2.05) is 23.6 Å². The van der Waals surface area contributed by atoms with Gasteiger partial charge in [0.25, 0.3) is 5.91 Å². The first kappa shape index (κ1) is 15.5. The Balaban J connectivity index is 2.69. The third kappa shape index (κ3) is 2.63. The van der Waals surface area contributed by atoms with E-state index in [-0.39, 0.29) is 0 Å². The Bertz CT molecular complexity index is 754. The van der Waals surface area contributed by atoms with Crippen molar-refractivity contribution in [3.63, 3.8) is 0 Å². The number of hydrogen-bond acceptors (Lipinski definition) is 3. The lowest BCUT2D eigenvalue weighted by molar-refractivity contribution is 0.0999. The fourth-order valence-electron chi connectivity index (χ4n) is 2.42. The highest BCUT2D eigenvalue weighted by Crippen LogP contribution is 2.35. The number of terminal acetylenes is 1. The van der Waals surface area contributed by atoms with Crippen LogP contribution in [0.3, 0.4) is 0 Å². The smallest absolute Gasteiger partial charge is 0.250 e. The van der Waals surface area contributed by atoms with E-state index in [1.54, 1.807) is 26.4 Å². The van der Waals surface area contributed by atoms with Gasteiger partial charge in [-0.3, -0.25) is 4.79 Å². The van der Waals surface area contributed by atoms with Gasteiger partial charge >= 0.3 is 0 Å². The van der Waals surface area contributed by atoms with Crippen LogP contribution in [0, 0.1) is 19.3 Å². The molecule has 2 N–H and O–H groups in total. The number of nitrogens with two attached hydrogens (primary N) is 1. The molecule has 114 valence electrons. The molecular formula is C17H18N2O3. The standard InChI is InChI=1S/C17H18N2O3/c1-5-8-19-11(2)14(17(18)20)10-15(19)13-7-6-12(21-3)9-16(13)22-4/h1,6-7,9-10H,8H2,2-4H3,(H2,18,20). The van der Waals surface area contributed by atoms with Crippen molar-refractivity contribution in [1.29, 1.82) is 0 Å². The van der Waals surface area contributed by atoms with Gasteiger partial charge in [0.15, 0.2) is 0 Å². The lowest BCUT2D eigenvalue weighted by Gasteiger charge is -2.13. The maximum atomic E-state index is 11.6. The van der Waals surface area contributed by atoms with Crippen molar-refractivity contribution in [1.82, 2.24) is 4.57 Å². The minimum Gasteiger partial charge on any atom is -0.497 e. The molecule has 5 heteroatoms. The number of amides is 1. The quantitative estimate of drug-likeness (QED) is 0.861. The first-order valence-corrected chi connectivity index (χ1v) is 6.69. The molecule has 0 fully saturated rings. The third-order valence-corrected chi connectivity index (χ3v) is 3.57. The van der Waals surface area contributed by atoms with E-state index in [1.165, 1.54) is 0 Å². The normalized spacial score (nSPS) is 10.1. The molecule has 2 aromatic rings. The fraction of sp³-hybridized carbons (Fsp3) is 0.235. The van der Waals surface area contributed by atoms with Crippen LogP contribution in [-0.2, 0) is 6.54 Å². The van der Waals surface area contributed by atoms with Crippen molar-refractivity contribution in [2.45, 2.75) is 13.5 Å². The number of benzene rings is 1. The van der Waals surface area contributed by atoms with Crippen molar-refractivity contribution in [2.75, 3.05) is 14.2 Å². The van der Waals surface area contributed by atoms with Gasteiger partial charge in [-0.05, 0) is 25.1 Å². The van der Waals surface area contributed by atoms with Gasteiger partial charge in [0, 0.05) is 17.3 Å². The predicted octanol–water partition coefficient (Wildman–Crippen LogP) is 2.21. The zero-order valence-corrected chi connectivity index (χ0v) is 12.8. The van der Waals surface area contributed by atoms with Crippen molar-refractivity contribution in [2.24, 2.45) is 5.73 Å². The number of aromatic nitrogens is 1. The molecule has 0 saturated carbocycles. The van der Waals surface area contributed by atoms with Gasteiger partial charge in [-0.1, -0.05) is 5.92 Å². The van der Waals surface area contributed by atoms with Crippen LogP contribution in [0.15, 0.2) is 24.3 Å². The van der Waals surface area contributed by atoms with Crippen molar-refractivity contribution in [3.8, 4) is 35.1 Å². The van der Waals surface area contributed by atoms with Crippen LogP contribution >= 0.6 is 0 Å². The zero-order valence-electron chi connectivity index (χ0n) is 12.8. The number of rotatable bonds is 5. The van der Waals surface area contributed by atoms with Crippen LogP contribution in [0.25, 0.3) is 11.3 Å². The molecule has 0 aliphatic rings. The van der Waals surface area contributed by atoms with Gasteiger partial charge < -0.3 is 19.8 Å². The predicted molar refractivity (Wildman–Crippen MR) is 85.1 cm³/mol. The molecule has 0 aliphatic heterocycles. The Labute approximate surface area is 129 Å². The summed E-state index contributed by atoms with van der Waals surface area (Å²) >= 11 is 0. The zero-order chi connectivity index (χ0) is 16.3. The lowest BCUT2D eigenvalue weighted by atomic mass is 10.1. The van der Waals surface area contributed by atoms with Crippen molar-refractivity contribution < 1.29 is 14.3 Å². The van der Waals surface area contributed by atoms with Crippen molar-refractivity contribution >= 4 is 5.91 Å².